The predicted octanol–water partition coefficient (Wildman–Crippen LogP) is -0.166. The van der Waals surface area contributed by atoms with Crippen LogP contribution in [0, 0.1) is 11.8 Å². The van der Waals surface area contributed by atoms with Crippen molar-refractivity contribution in [3.05, 3.63) is 0 Å². The highest BCUT2D eigenvalue weighted by Gasteiger charge is 2.50. The molecule has 13 heavy (non-hydrogen) atoms. The average Bonchev–Trinajstić information content (AvgIpc) is 2.35. The van der Waals surface area contributed by atoms with Crippen LogP contribution in [-0.2, 0) is 9.53 Å². The molecule has 0 aromatic rings. The molecule has 3 N–H and O–H groups in total. The van der Waals surface area contributed by atoms with Crippen LogP contribution in [0.2, 0.25) is 0 Å². The van der Waals surface area contributed by atoms with Crippen molar-refractivity contribution in [1.29, 1.82) is 0 Å². The first-order valence-electron chi connectivity index (χ1n) is 4.77. The van der Waals surface area contributed by atoms with Crippen LogP contribution in [0.5, 0.6) is 0 Å². The van der Waals surface area contributed by atoms with Crippen molar-refractivity contribution in [3.8, 4) is 0 Å². The van der Waals surface area contributed by atoms with Crippen molar-refractivity contribution in [2.24, 2.45) is 17.6 Å². The van der Waals surface area contributed by atoms with Crippen molar-refractivity contribution in [3.63, 3.8) is 0 Å². The number of carbonyl (C=O) groups excluding carboxylic acids is 1. The first kappa shape index (κ1) is 8.97. The summed E-state index contributed by atoms with van der Waals surface area (Å²) in [7, 11) is 1.42. The van der Waals surface area contributed by atoms with Gasteiger partial charge in [0, 0.05) is 0 Å². The van der Waals surface area contributed by atoms with Crippen LogP contribution in [-0.4, -0.2) is 25.3 Å². The molecule has 1 saturated carbocycles. The second-order valence-electron chi connectivity index (χ2n) is 4.14. The monoisotopic (exact) mass is 184 g/mol. The highest BCUT2D eigenvalue weighted by molar-refractivity contribution is 5.74. The van der Waals surface area contributed by atoms with Crippen molar-refractivity contribution >= 4 is 5.97 Å². The van der Waals surface area contributed by atoms with Crippen LogP contribution >= 0.6 is 0 Å². The quantitative estimate of drug-likeness (QED) is 0.555. The molecule has 1 aliphatic heterocycles. The number of fused-ring (bicyclic) bond motifs is 2. The van der Waals surface area contributed by atoms with E-state index in [1.54, 1.807) is 0 Å². The van der Waals surface area contributed by atoms with E-state index in [0.717, 1.165) is 25.8 Å². The standard InChI is InChI=1S/C9H16N2O2/c1-13-8(12)7-4-6-2-3-11-9(7,10)5-6/h6-7,11H,2-5,10H2,1H3. The number of piperidine rings is 1. The average molecular weight is 184 g/mol. The maximum Gasteiger partial charge on any atom is 0.311 e. The minimum absolute atomic E-state index is 0.148. The van der Waals surface area contributed by atoms with Gasteiger partial charge in [0.1, 0.15) is 0 Å². The van der Waals surface area contributed by atoms with Crippen LogP contribution in [0.25, 0.3) is 0 Å². The van der Waals surface area contributed by atoms with E-state index in [2.05, 4.69) is 5.32 Å². The van der Waals surface area contributed by atoms with Crippen LogP contribution in [0.1, 0.15) is 19.3 Å². The Kier molecular flexibility index (Phi) is 2.04. The molecule has 0 spiro atoms. The van der Waals surface area contributed by atoms with Crippen LogP contribution in [0.4, 0.5) is 0 Å². The highest BCUT2D eigenvalue weighted by Crippen LogP contribution is 2.41. The molecule has 1 heterocycles. The number of hydrogen-bond donors (Lipinski definition) is 2. The summed E-state index contributed by atoms with van der Waals surface area (Å²) in [6, 6.07) is 0. The topological polar surface area (TPSA) is 64.3 Å². The van der Waals surface area contributed by atoms with Gasteiger partial charge in [-0.05, 0) is 31.7 Å². The van der Waals surface area contributed by atoms with Gasteiger partial charge < -0.3 is 10.5 Å². The molecule has 1 aliphatic carbocycles. The Bertz CT molecular complexity index is 232. The Morgan fingerprint density at radius 1 is 1.69 bits per heavy atom. The molecule has 3 unspecified atom stereocenters. The summed E-state index contributed by atoms with van der Waals surface area (Å²) in [5.74, 6) is 0.291. The lowest BCUT2D eigenvalue weighted by atomic mass is 9.95. The zero-order chi connectivity index (χ0) is 9.47. The summed E-state index contributed by atoms with van der Waals surface area (Å²) in [5.41, 5.74) is 5.62. The van der Waals surface area contributed by atoms with Crippen molar-refractivity contribution in [1.82, 2.24) is 5.32 Å². The van der Waals surface area contributed by atoms with E-state index in [9.17, 15) is 4.79 Å². The number of carbonyl (C=O) groups is 1. The van der Waals surface area contributed by atoms with E-state index in [-0.39, 0.29) is 11.9 Å². The molecule has 74 valence electrons. The van der Waals surface area contributed by atoms with Gasteiger partial charge in [0.05, 0.1) is 18.7 Å². The summed E-state index contributed by atoms with van der Waals surface area (Å²) in [4.78, 5) is 11.4. The van der Waals surface area contributed by atoms with E-state index in [1.807, 2.05) is 0 Å². The summed E-state index contributed by atoms with van der Waals surface area (Å²) in [5, 5.41) is 3.23. The van der Waals surface area contributed by atoms with Crippen LogP contribution < -0.4 is 11.1 Å². The van der Waals surface area contributed by atoms with Gasteiger partial charge in [-0.15, -0.1) is 0 Å². The van der Waals surface area contributed by atoms with Crippen molar-refractivity contribution < 1.29 is 9.53 Å². The number of ether oxygens (including phenoxy) is 1. The smallest absolute Gasteiger partial charge is 0.311 e. The SMILES string of the molecule is COC(=O)C1CC2CCNC1(N)C2. The first-order chi connectivity index (χ1) is 6.15. The molecule has 0 amide bonds. The zero-order valence-electron chi connectivity index (χ0n) is 7.88. The normalized spacial score (nSPS) is 43.2. The maximum atomic E-state index is 11.4. The fraction of sp³-hybridized carbons (Fsp3) is 0.889. The van der Waals surface area contributed by atoms with Gasteiger partial charge in [-0.3, -0.25) is 10.1 Å². The minimum atomic E-state index is -0.490. The van der Waals surface area contributed by atoms with E-state index in [4.69, 9.17) is 10.5 Å². The summed E-state index contributed by atoms with van der Waals surface area (Å²) < 4.78 is 4.75. The number of hydrogen-bond acceptors (Lipinski definition) is 4. The van der Waals surface area contributed by atoms with E-state index >= 15 is 0 Å². The van der Waals surface area contributed by atoms with Gasteiger partial charge in [-0.1, -0.05) is 0 Å². The molecule has 2 aliphatic rings. The third-order valence-corrected chi connectivity index (χ3v) is 3.31. The van der Waals surface area contributed by atoms with Gasteiger partial charge in [-0.25, -0.2) is 0 Å². The number of nitrogens with one attached hydrogen (secondary N) is 1. The molecule has 4 heteroatoms. The number of rotatable bonds is 1. The molecule has 2 fully saturated rings. The van der Waals surface area contributed by atoms with E-state index in [1.165, 1.54) is 7.11 Å². The number of nitrogens with two attached hydrogens (primary N) is 1. The maximum absolute atomic E-state index is 11.4. The third kappa shape index (κ3) is 1.34. The van der Waals surface area contributed by atoms with Gasteiger partial charge in [0.15, 0.2) is 0 Å². The number of esters is 1. The second kappa shape index (κ2) is 2.96. The molecular weight excluding hydrogens is 168 g/mol. The Morgan fingerprint density at radius 2 is 2.46 bits per heavy atom. The summed E-state index contributed by atoms with van der Waals surface area (Å²) in [6.45, 7) is 0.925. The number of methoxy groups -OCH3 is 1. The van der Waals surface area contributed by atoms with Crippen molar-refractivity contribution in [2.75, 3.05) is 13.7 Å². The predicted molar refractivity (Wildman–Crippen MR) is 47.8 cm³/mol. The Hall–Kier alpha value is -0.610. The van der Waals surface area contributed by atoms with Gasteiger partial charge in [0.2, 0.25) is 0 Å². The third-order valence-electron chi connectivity index (χ3n) is 3.31. The summed E-state index contributed by atoms with van der Waals surface area (Å²) in [6.07, 6.45) is 2.93. The molecule has 0 aromatic carbocycles. The highest BCUT2D eigenvalue weighted by atomic mass is 16.5. The summed E-state index contributed by atoms with van der Waals surface area (Å²) >= 11 is 0. The van der Waals surface area contributed by atoms with E-state index in [0.29, 0.717) is 5.92 Å². The molecular formula is C9H16N2O2. The second-order valence-corrected chi connectivity index (χ2v) is 4.14. The lowest BCUT2D eigenvalue weighted by Gasteiger charge is -2.33. The molecule has 1 saturated heterocycles. The van der Waals surface area contributed by atoms with Crippen molar-refractivity contribution in [2.45, 2.75) is 24.9 Å². The molecule has 0 radical (unpaired) electrons. The lowest BCUT2D eigenvalue weighted by molar-refractivity contribution is -0.147. The minimum Gasteiger partial charge on any atom is -0.469 e. The Morgan fingerprint density at radius 3 is 3.08 bits per heavy atom. The Labute approximate surface area is 77.8 Å². The molecule has 3 atom stereocenters. The van der Waals surface area contributed by atoms with Gasteiger partial charge in [0.25, 0.3) is 0 Å². The van der Waals surface area contributed by atoms with Gasteiger partial charge in [-0.2, -0.15) is 0 Å². The fourth-order valence-electron chi connectivity index (χ4n) is 2.62. The largest absolute Gasteiger partial charge is 0.469 e. The van der Waals surface area contributed by atoms with Gasteiger partial charge >= 0.3 is 5.97 Å². The molecule has 2 bridgehead atoms. The molecule has 4 nitrogen and oxygen atoms in total. The Balaban J connectivity index is 2.16. The van der Waals surface area contributed by atoms with Crippen LogP contribution in [0.15, 0.2) is 0 Å². The molecule has 0 aromatic heterocycles. The van der Waals surface area contributed by atoms with Crippen LogP contribution in [0.3, 0.4) is 0 Å². The first-order valence-corrected chi connectivity index (χ1v) is 4.77. The zero-order valence-corrected chi connectivity index (χ0v) is 7.88. The van der Waals surface area contributed by atoms with E-state index < -0.39 is 5.66 Å². The molecule has 2 rings (SSSR count). The lowest BCUT2D eigenvalue weighted by Crippen LogP contribution is -2.59. The fourth-order valence-corrected chi connectivity index (χ4v) is 2.62.